The smallest absolute Gasteiger partial charge is 0.325 e. The number of ether oxygens (including phenoxy) is 2. The first kappa shape index (κ1) is 23.2. The second kappa shape index (κ2) is 9.58. The van der Waals surface area contributed by atoms with Gasteiger partial charge < -0.3 is 14.8 Å². The van der Waals surface area contributed by atoms with E-state index in [4.69, 9.17) is 9.47 Å². The van der Waals surface area contributed by atoms with Gasteiger partial charge in [0.15, 0.2) is 11.5 Å². The normalized spacial score (nSPS) is 23.2. The van der Waals surface area contributed by atoms with Crippen molar-refractivity contribution in [3.63, 3.8) is 0 Å². The van der Waals surface area contributed by atoms with Gasteiger partial charge in [0, 0.05) is 18.0 Å². The number of nitrogens with one attached hydrogen (secondary N) is 1. The van der Waals surface area contributed by atoms with Crippen LogP contribution >= 0.6 is 11.3 Å². The molecule has 5 rings (SSSR count). The third kappa shape index (κ3) is 4.53. The molecule has 1 unspecified atom stereocenters. The number of thiophene rings is 1. The molecule has 2 fully saturated rings. The molecule has 3 amide bonds. The second-order valence-electron chi connectivity index (χ2n) is 10.0. The van der Waals surface area contributed by atoms with Crippen molar-refractivity contribution in [1.82, 2.24) is 15.1 Å². The number of urea groups is 1. The Kier molecular flexibility index (Phi) is 6.53. The number of fused-ring (bicyclic) bond motifs is 1. The molecule has 3 aliphatic rings. The molecule has 34 heavy (non-hydrogen) atoms. The maximum absolute atomic E-state index is 13.7. The Morgan fingerprint density at radius 3 is 2.68 bits per heavy atom. The number of amides is 3. The Hall–Kier alpha value is -2.58. The number of imide groups is 1. The molecule has 1 atom stereocenters. The lowest BCUT2D eigenvalue weighted by Crippen LogP contribution is -2.56. The number of rotatable bonds is 8. The van der Waals surface area contributed by atoms with Gasteiger partial charge in [-0.3, -0.25) is 14.6 Å². The van der Waals surface area contributed by atoms with Crippen LogP contribution in [0.15, 0.2) is 35.7 Å². The lowest BCUT2D eigenvalue weighted by molar-refractivity contribution is -0.134. The summed E-state index contributed by atoms with van der Waals surface area (Å²) in [6.45, 7) is 7.62. The van der Waals surface area contributed by atoms with Crippen LogP contribution in [0.3, 0.4) is 0 Å². The van der Waals surface area contributed by atoms with Crippen LogP contribution in [0.1, 0.15) is 43.6 Å². The zero-order valence-corrected chi connectivity index (χ0v) is 20.7. The maximum atomic E-state index is 13.7. The number of piperidine rings is 1. The Balaban J connectivity index is 1.25. The van der Waals surface area contributed by atoms with Gasteiger partial charge in [-0.2, -0.15) is 0 Å². The summed E-state index contributed by atoms with van der Waals surface area (Å²) in [6, 6.07) is 9.95. The fourth-order valence-corrected chi connectivity index (χ4v) is 6.33. The highest BCUT2D eigenvalue weighted by molar-refractivity contribution is 7.09. The number of hydrogen-bond donors (Lipinski definition) is 1. The number of likely N-dealkylation sites (tertiary alicyclic amines) is 1. The summed E-state index contributed by atoms with van der Waals surface area (Å²) in [4.78, 5) is 31.7. The SMILES string of the molecule is CC(C)CC1(C2CCN(Cc3ccc4c(c3)OCO4)CC2)NC(=O)N(CCc2cccs2)C1=O. The molecule has 2 aromatic rings. The fourth-order valence-electron chi connectivity index (χ4n) is 5.63. The first-order valence-electron chi connectivity index (χ1n) is 12.2. The minimum Gasteiger partial charge on any atom is -0.454 e. The van der Waals surface area contributed by atoms with E-state index in [1.165, 1.54) is 15.3 Å². The third-order valence-corrected chi connectivity index (χ3v) is 8.16. The van der Waals surface area contributed by atoms with E-state index in [0.717, 1.165) is 44.0 Å². The standard InChI is InChI=1S/C26H33N3O4S/c1-18(2)15-26(24(30)29(25(31)27-26)12-9-21-4-3-13-34-21)20-7-10-28(11-8-20)16-19-5-6-22-23(14-19)33-17-32-22/h3-6,13-14,18,20H,7-12,15-17H2,1-2H3,(H,27,31). The minimum absolute atomic E-state index is 0.0306. The van der Waals surface area contributed by atoms with Gasteiger partial charge in [0.2, 0.25) is 6.79 Å². The molecule has 0 radical (unpaired) electrons. The molecular formula is C26H33N3O4S. The molecule has 0 aliphatic carbocycles. The van der Waals surface area contributed by atoms with Gasteiger partial charge in [-0.05, 0) is 79.8 Å². The number of carbonyl (C=O) groups excluding carboxylic acids is 2. The molecule has 1 N–H and O–H groups in total. The average molecular weight is 484 g/mol. The molecule has 182 valence electrons. The Bertz CT molecular complexity index is 1030. The van der Waals surface area contributed by atoms with Crippen molar-refractivity contribution in [1.29, 1.82) is 0 Å². The van der Waals surface area contributed by atoms with Gasteiger partial charge in [-0.25, -0.2) is 4.79 Å². The zero-order valence-electron chi connectivity index (χ0n) is 19.9. The van der Waals surface area contributed by atoms with Crippen LogP contribution in [0, 0.1) is 11.8 Å². The summed E-state index contributed by atoms with van der Waals surface area (Å²) >= 11 is 1.66. The number of nitrogens with zero attached hydrogens (tertiary/aromatic N) is 2. The summed E-state index contributed by atoms with van der Waals surface area (Å²) in [6.07, 6.45) is 3.17. The predicted molar refractivity (Wildman–Crippen MR) is 131 cm³/mol. The zero-order chi connectivity index (χ0) is 23.7. The average Bonchev–Trinajstić information content (AvgIpc) is 3.54. The van der Waals surface area contributed by atoms with Crippen molar-refractivity contribution in [2.24, 2.45) is 11.8 Å². The molecule has 7 nitrogen and oxygen atoms in total. The van der Waals surface area contributed by atoms with Gasteiger partial charge in [0.1, 0.15) is 5.54 Å². The molecule has 1 aromatic heterocycles. The molecule has 0 spiro atoms. The highest BCUT2D eigenvalue weighted by Crippen LogP contribution is 2.39. The minimum atomic E-state index is -0.786. The molecule has 0 bridgehead atoms. The van der Waals surface area contributed by atoms with Crippen molar-refractivity contribution in [2.75, 3.05) is 26.4 Å². The first-order chi connectivity index (χ1) is 16.4. The highest BCUT2D eigenvalue weighted by Gasteiger charge is 2.55. The van der Waals surface area contributed by atoms with Crippen molar-refractivity contribution >= 4 is 23.3 Å². The van der Waals surface area contributed by atoms with Gasteiger partial charge >= 0.3 is 6.03 Å². The van der Waals surface area contributed by atoms with Crippen LogP contribution in [0.25, 0.3) is 0 Å². The van der Waals surface area contributed by atoms with E-state index in [1.807, 2.05) is 17.5 Å². The topological polar surface area (TPSA) is 71.1 Å². The van der Waals surface area contributed by atoms with Crippen LogP contribution in [-0.4, -0.2) is 53.7 Å². The van der Waals surface area contributed by atoms with Crippen LogP contribution in [-0.2, 0) is 17.8 Å². The number of benzene rings is 1. The van der Waals surface area contributed by atoms with Gasteiger partial charge in [0.05, 0.1) is 0 Å². The van der Waals surface area contributed by atoms with Crippen molar-refractivity contribution in [2.45, 2.75) is 51.6 Å². The van der Waals surface area contributed by atoms with Crippen molar-refractivity contribution in [3.05, 3.63) is 46.2 Å². The number of hydrogen-bond acceptors (Lipinski definition) is 6. The van der Waals surface area contributed by atoms with E-state index >= 15 is 0 Å². The van der Waals surface area contributed by atoms with E-state index < -0.39 is 5.54 Å². The second-order valence-corrected chi connectivity index (χ2v) is 11.1. The van der Waals surface area contributed by atoms with Crippen LogP contribution < -0.4 is 14.8 Å². The third-order valence-electron chi connectivity index (χ3n) is 7.22. The molecule has 2 saturated heterocycles. The monoisotopic (exact) mass is 483 g/mol. The van der Waals surface area contributed by atoms with Gasteiger partial charge in [-0.15, -0.1) is 11.3 Å². The predicted octanol–water partition coefficient (Wildman–Crippen LogP) is 4.27. The molecule has 3 aliphatic heterocycles. The highest BCUT2D eigenvalue weighted by atomic mass is 32.1. The van der Waals surface area contributed by atoms with Crippen LogP contribution in [0.5, 0.6) is 11.5 Å². The molecule has 8 heteroatoms. The van der Waals surface area contributed by atoms with E-state index in [-0.39, 0.29) is 24.6 Å². The molecule has 1 aromatic carbocycles. The lowest BCUT2D eigenvalue weighted by Gasteiger charge is -2.41. The maximum Gasteiger partial charge on any atom is 0.325 e. The van der Waals surface area contributed by atoms with E-state index in [9.17, 15) is 9.59 Å². The molecule has 0 saturated carbocycles. The van der Waals surface area contributed by atoms with E-state index in [1.54, 1.807) is 11.3 Å². The van der Waals surface area contributed by atoms with Crippen molar-refractivity contribution in [3.8, 4) is 11.5 Å². The van der Waals surface area contributed by atoms with Gasteiger partial charge in [0.25, 0.3) is 5.91 Å². The van der Waals surface area contributed by atoms with Crippen LogP contribution in [0.2, 0.25) is 0 Å². The first-order valence-corrected chi connectivity index (χ1v) is 13.1. The largest absolute Gasteiger partial charge is 0.454 e. The number of carbonyl (C=O) groups is 2. The van der Waals surface area contributed by atoms with E-state index in [0.29, 0.717) is 25.3 Å². The van der Waals surface area contributed by atoms with Crippen molar-refractivity contribution < 1.29 is 19.1 Å². The Labute approximate surface area is 205 Å². The fraction of sp³-hybridized carbons (Fsp3) is 0.538. The van der Waals surface area contributed by atoms with Crippen LogP contribution in [0.4, 0.5) is 4.79 Å². The molecule has 4 heterocycles. The summed E-state index contributed by atoms with van der Waals surface area (Å²) in [5, 5.41) is 5.21. The summed E-state index contributed by atoms with van der Waals surface area (Å²) in [7, 11) is 0. The summed E-state index contributed by atoms with van der Waals surface area (Å²) in [5.41, 5.74) is 0.413. The summed E-state index contributed by atoms with van der Waals surface area (Å²) < 4.78 is 10.9. The van der Waals surface area contributed by atoms with Gasteiger partial charge in [-0.1, -0.05) is 26.0 Å². The Morgan fingerprint density at radius 2 is 1.94 bits per heavy atom. The quantitative estimate of drug-likeness (QED) is 0.568. The molecular weight excluding hydrogens is 450 g/mol. The lowest BCUT2D eigenvalue weighted by atomic mass is 9.73. The Morgan fingerprint density at radius 1 is 1.15 bits per heavy atom. The van der Waals surface area contributed by atoms with E-state index in [2.05, 4.69) is 42.3 Å². The summed E-state index contributed by atoms with van der Waals surface area (Å²) in [5.74, 6) is 2.04.